The second-order valence-corrected chi connectivity index (χ2v) is 19.3. The van der Waals surface area contributed by atoms with Gasteiger partial charge in [0.25, 0.3) is 5.91 Å². The van der Waals surface area contributed by atoms with Crippen molar-refractivity contribution >= 4 is 39.4 Å². The van der Waals surface area contributed by atoms with Crippen LogP contribution in [0, 0.1) is 35.0 Å². The number of nitrogens with one attached hydrogen (secondary N) is 4. The first kappa shape index (κ1) is 38.4. The highest BCUT2D eigenvalue weighted by Crippen LogP contribution is 2.78. The molecular weight excluding hydrogens is 646 g/mol. The van der Waals surface area contributed by atoms with Gasteiger partial charge < -0.3 is 26.2 Å². The molecule has 272 valence electrons. The van der Waals surface area contributed by atoms with Gasteiger partial charge in [0.2, 0.25) is 17.6 Å². The van der Waals surface area contributed by atoms with Gasteiger partial charge >= 0.3 is 6.03 Å². The molecule has 0 bridgehead atoms. The minimum Gasteiger partial charge on any atom is -0.346 e. The number of Topliss-reactive ketones (excluding diaryl/α,β-unsaturated/α-hetero) is 1. The summed E-state index contributed by atoms with van der Waals surface area (Å²) in [5.74, 6) is -0.349. The minimum atomic E-state index is -3.57. The predicted molar refractivity (Wildman–Crippen MR) is 187 cm³/mol. The van der Waals surface area contributed by atoms with Crippen LogP contribution in [-0.4, -0.2) is 90.1 Å². The number of likely N-dealkylation sites (tertiary alicyclic amines) is 1. The number of ketones is 1. The fraction of sp³-hybridized carbons (Fsp3) is 0.750. The van der Waals surface area contributed by atoms with E-state index >= 15 is 0 Å². The van der Waals surface area contributed by atoms with Crippen molar-refractivity contribution in [2.75, 3.05) is 18.8 Å². The quantitative estimate of drug-likeness (QED) is 0.130. The summed E-state index contributed by atoms with van der Waals surface area (Å²) in [7, 11) is -3.57. The number of piperidine rings is 1. The maximum atomic E-state index is 14.4. The molecule has 1 heterocycles. The molecule has 1 unspecified atom stereocenters. The number of sulfone groups is 1. The molecular formula is C36H55N5O7S. The number of carbonyl (C=O) groups is 5. The van der Waals surface area contributed by atoms with Crippen molar-refractivity contribution in [2.24, 2.45) is 22.7 Å². The summed E-state index contributed by atoms with van der Waals surface area (Å²) in [5, 5.41) is 11.1. The fourth-order valence-electron chi connectivity index (χ4n) is 7.84. The highest BCUT2D eigenvalue weighted by atomic mass is 32.2. The molecule has 1 saturated heterocycles. The van der Waals surface area contributed by atoms with Gasteiger partial charge in [0.15, 0.2) is 9.84 Å². The lowest BCUT2D eigenvalue weighted by Crippen LogP contribution is -2.64. The first-order valence-corrected chi connectivity index (χ1v) is 19.2. The second kappa shape index (κ2) is 14.1. The molecule has 4 aliphatic rings. The Morgan fingerprint density at radius 1 is 1.00 bits per heavy atom. The highest BCUT2D eigenvalue weighted by molar-refractivity contribution is 7.92. The molecule has 1 aliphatic heterocycles. The molecule has 4 rings (SSSR count). The molecule has 5 atom stereocenters. The van der Waals surface area contributed by atoms with Gasteiger partial charge in [-0.3, -0.25) is 19.2 Å². The largest absolute Gasteiger partial charge is 0.346 e. The minimum absolute atomic E-state index is 0.00633. The number of hydrogen-bond donors (Lipinski definition) is 4. The number of hydrogen-bond acceptors (Lipinski definition) is 7. The van der Waals surface area contributed by atoms with E-state index in [2.05, 4.69) is 33.8 Å². The first-order chi connectivity index (χ1) is 22.7. The number of urea groups is 1. The zero-order chi connectivity index (χ0) is 36.6. The zero-order valence-electron chi connectivity index (χ0n) is 29.9. The Kier molecular flexibility index (Phi) is 11.0. The van der Waals surface area contributed by atoms with Gasteiger partial charge in [-0.2, -0.15) is 0 Å². The van der Waals surface area contributed by atoms with Crippen molar-refractivity contribution < 1.29 is 32.4 Å². The van der Waals surface area contributed by atoms with Crippen LogP contribution in [0.2, 0.25) is 0 Å². The maximum Gasteiger partial charge on any atom is 0.315 e. The van der Waals surface area contributed by atoms with Gasteiger partial charge in [0.05, 0.1) is 22.1 Å². The van der Waals surface area contributed by atoms with E-state index in [1.165, 1.54) is 11.0 Å². The van der Waals surface area contributed by atoms with Crippen molar-refractivity contribution in [1.29, 1.82) is 0 Å². The van der Waals surface area contributed by atoms with Crippen LogP contribution in [0.5, 0.6) is 0 Å². The van der Waals surface area contributed by atoms with Gasteiger partial charge in [-0.05, 0) is 75.5 Å². The van der Waals surface area contributed by atoms with Gasteiger partial charge in [-0.1, -0.05) is 46.1 Å². The van der Waals surface area contributed by atoms with E-state index in [4.69, 9.17) is 6.42 Å². The van der Waals surface area contributed by atoms with Crippen molar-refractivity contribution in [2.45, 2.75) is 128 Å². The predicted octanol–water partition coefficient (Wildman–Crippen LogP) is 2.62. The second-order valence-electron chi connectivity index (χ2n) is 16.6. The van der Waals surface area contributed by atoms with Gasteiger partial charge in [-0.25, -0.2) is 13.2 Å². The first-order valence-electron chi connectivity index (χ1n) is 17.5. The summed E-state index contributed by atoms with van der Waals surface area (Å²) >= 11 is 0. The third-order valence-electron chi connectivity index (χ3n) is 11.0. The summed E-state index contributed by atoms with van der Waals surface area (Å²) in [6.07, 6.45) is 12.5. The topological polar surface area (TPSA) is 171 Å². The lowest BCUT2D eigenvalue weighted by molar-refractivity contribution is -0.145. The third kappa shape index (κ3) is 8.16. The highest BCUT2D eigenvalue weighted by Gasteiger charge is 2.79. The number of nitrogens with zero attached hydrogens (tertiary/aromatic N) is 1. The molecule has 4 fully saturated rings. The Balaban J connectivity index is 1.55. The molecule has 3 aliphatic carbocycles. The van der Waals surface area contributed by atoms with Crippen molar-refractivity contribution in [3.8, 4) is 12.3 Å². The number of amides is 5. The number of carbonyl (C=O) groups excluding carboxylic acids is 5. The van der Waals surface area contributed by atoms with E-state index in [0.717, 1.165) is 32.1 Å². The Morgan fingerprint density at radius 2 is 1.63 bits per heavy atom. The maximum absolute atomic E-state index is 14.4. The van der Waals surface area contributed by atoms with E-state index in [-0.39, 0.29) is 42.4 Å². The lowest BCUT2D eigenvalue weighted by Gasteiger charge is -2.41. The SMILES string of the molecule is C#CCCC(NC(=O)[C@@H]1[C@@H]2[C@H](CN1C(=O)[C@@H](NC(=O)NC1(CS(=O)(=O)C(C)(C)C)CCCCC1)C(C)(C)C)C21CC1)C(=O)C(=O)NCC=C. The molecule has 13 heteroatoms. The summed E-state index contributed by atoms with van der Waals surface area (Å²) in [6.45, 7) is 14.4. The smallest absolute Gasteiger partial charge is 0.315 e. The van der Waals surface area contributed by atoms with Crippen LogP contribution in [0.3, 0.4) is 0 Å². The molecule has 0 aromatic carbocycles. The average molecular weight is 702 g/mol. The monoisotopic (exact) mass is 701 g/mol. The Labute approximate surface area is 291 Å². The number of rotatable bonds is 13. The Morgan fingerprint density at radius 3 is 2.16 bits per heavy atom. The standard InChI is InChI=1S/C36H55N5O7S/c1-9-11-15-24(27(42)30(44)37-20-10-2)38-29(43)26-25-23(36(25)18-19-36)21-41(26)31(45)28(33(3,4)5)39-32(46)40-35(16-13-12-14-17-35)22-49(47,48)34(6,7)8/h1,10,23-26,28H,2,11-22H2,3-8H3,(H,37,44)(H,38,43)(H2,39,40,46)/t23-,24?,25-,26-,28+/m0/s1. The van der Waals surface area contributed by atoms with Crippen LogP contribution >= 0.6 is 0 Å². The molecule has 0 radical (unpaired) electrons. The van der Waals surface area contributed by atoms with Crippen molar-refractivity contribution in [3.63, 3.8) is 0 Å². The van der Waals surface area contributed by atoms with Crippen LogP contribution in [0.1, 0.15) is 99.3 Å². The molecule has 0 aromatic heterocycles. The lowest BCUT2D eigenvalue weighted by atomic mass is 9.83. The molecule has 3 saturated carbocycles. The van der Waals surface area contributed by atoms with E-state index in [1.807, 2.05) is 20.8 Å². The summed E-state index contributed by atoms with van der Waals surface area (Å²) in [6, 6.07) is -3.72. The van der Waals surface area contributed by atoms with Gasteiger partial charge in [0.1, 0.15) is 12.1 Å². The Hall–Kier alpha value is -3.40. The van der Waals surface area contributed by atoms with E-state index in [1.54, 1.807) is 20.8 Å². The summed E-state index contributed by atoms with van der Waals surface area (Å²) < 4.78 is 25.6. The van der Waals surface area contributed by atoms with Gasteiger partial charge in [0, 0.05) is 19.5 Å². The Bertz CT molecular complexity index is 1490. The summed E-state index contributed by atoms with van der Waals surface area (Å²) in [5.41, 5.74) is -1.73. The normalized spacial score (nSPS) is 24.8. The van der Waals surface area contributed by atoms with Crippen LogP contribution in [0.15, 0.2) is 12.7 Å². The molecule has 5 amide bonds. The number of fused-ring (bicyclic) bond motifs is 3. The molecule has 0 aromatic rings. The van der Waals surface area contributed by atoms with Crippen LogP contribution in [-0.2, 0) is 29.0 Å². The van der Waals surface area contributed by atoms with Crippen molar-refractivity contribution in [1.82, 2.24) is 26.2 Å². The molecule has 4 N–H and O–H groups in total. The van der Waals surface area contributed by atoms with Crippen molar-refractivity contribution in [3.05, 3.63) is 12.7 Å². The average Bonchev–Trinajstić information content (AvgIpc) is 3.86. The molecule has 1 spiro atoms. The van der Waals surface area contributed by atoms with E-state index in [9.17, 15) is 32.4 Å². The molecule has 49 heavy (non-hydrogen) atoms. The van der Waals surface area contributed by atoms with Crippen LogP contribution < -0.4 is 21.3 Å². The molecule has 12 nitrogen and oxygen atoms in total. The number of terminal acetylenes is 1. The van der Waals surface area contributed by atoms with Crippen LogP contribution in [0.4, 0.5) is 4.79 Å². The fourth-order valence-corrected chi connectivity index (χ4v) is 9.36. The zero-order valence-corrected chi connectivity index (χ0v) is 30.8. The summed E-state index contributed by atoms with van der Waals surface area (Å²) in [4.78, 5) is 69.3. The third-order valence-corrected chi connectivity index (χ3v) is 13.8. The van der Waals surface area contributed by atoms with E-state index in [0.29, 0.717) is 19.4 Å². The van der Waals surface area contributed by atoms with Crippen LogP contribution in [0.25, 0.3) is 0 Å². The van der Waals surface area contributed by atoms with Gasteiger partial charge in [-0.15, -0.1) is 18.9 Å². The van der Waals surface area contributed by atoms with E-state index < -0.39 is 73.2 Å².